The Morgan fingerprint density at radius 3 is 1.96 bits per heavy atom. The number of allylic oxidation sites excluding steroid dienone is 2. The van der Waals surface area contributed by atoms with Crippen molar-refractivity contribution in [1.82, 2.24) is 0 Å². The summed E-state index contributed by atoms with van der Waals surface area (Å²) in [4.78, 5) is 35.3. The third kappa shape index (κ3) is 4.44. The summed E-state index contributed by atoms with van der Waals surface area (Å²) in [6.07, 6.45) is 4.43. The molecule has 0 saturated heterocycles. The fraction of sp³-hybridized carbons (Fsp3) is 0.389. The van der Waals surface area contributed by atoms with E-state index in [0.717, 1.165) is 0 Å². The summed E-state index contributed by atoms with van der Waals surface area (Å²) in [5.74, 6) is -2.72. The number of carboxylic acids is 1. The Morgan fingerprint density at radius 2 is 1.46 bits per heavy atom. The second-order valence-corrected chi connectivity index (χ2v) is 6.20. The van der Waals surface area contributed by atoms with Crippen molar-refractivity contribution in [1.29, 1.82) is 0 Å². The Balaban J connectivity index is 2.00. The van der Waals surface area contributed by atoms with E-state index >= 15 is 0 Å². The van der Waals surface area contributed by atoms with Gasteiger partial charge in [0.25, 0.3) is 0 Å². The van der Waals surface area contributed by atoms with Crippen molar-refractivity contribution < 1.29 is 19.5 Å². The molecule has 2 rings (SSSR count). The van der Waals surface area contributed by atoms with Gasteiger partial charge in [0.1, 0.15) is 0 Å². The minimum atomic E-state index is -0.953. The van der Waals surface area contributed by atoms with Gasteiger partial charge in [0.2, 0.25) is 11.8 Å². The third-order valence-corrected chi connectivity index (χ3v) is 4.03. The quantitative estimate of drug-likeness (QED) is 0.723. The Hall–Kier alpha value is -2.63. The lowest BCUT2D eigenvalue weighted by molar-refractivity contribution is -0.146. The molecule has 0 fully saturated rings. The molecular weight excluding hydrogens is 308 g/mol. The van der Waals surface area contributed by atoms with Crippen LogP contribution in [0.1, 0.15) is 26.7 Å². The van der Waals surface area contributed by atoms with Gasteiger partial charge >= 0.3 is 5.97 Å². The number of nitrogens with one attached hydrogen (secondary N) is 2. The van der Waals surface area contributed by atoms with E-state index in [1.165, 1.54) is 0 Å². The van der Waals surface area contributed by atoms with Crippen LogP contribution in [-0.4, -0.2) is 22.9 Å². The molecule has 0 radical (unpaired) electrons. The molecule has 1 aromatic rings. The molecule has 0 aliphatic heterocycles. The number of hydrogen-bond acceptors (Lipinski definition) is 3. The molecule has 1 aromatic carbocycles. The minimum Gasteiger partial charge on any atom is -0.481 e. The van der Waals surface area contributed by atoms with Gasteiger partial charge in [-0.25, -0.2) is 0 Å². The molecule has 24 heavy (non-hydrogen) atoms. The maximum atomic E-state index is 12.4. The summed E-state index contributed by atoms with van der Waals surface area (Å²) in [5.41, 5.74) is 1.22. The summed E-state index contributed by atoms with van der Waals surface area (Å²) in [7, 11) is 0. The molecule has 2 atom stereocenters. The smallest absolute Gasteiger partial charge is 0.307 e. The molecule has 1 aliphatic rings. The first kappa shape index (κ1) is 17.7. The molecule has 128 valence electrons. The molecule has 0 bridgehead atoms. The van der Waals surface area contributed by atoms with Gasteiger partial charge in [-0.05, 0) is 37.1 Å². The number of aliphatic carboxylic acids is 1. The highest BCUT2D eigenvalue weighted by Gasteiger charge is 2.33. The predicted octanol–water partition coefficient (Wildman–Crippen LogP) is 2.89. The van der Waals surface area contributed by atoms with Crippen LogP contribution < -0.4 is 10.6 Å². The zero-order valence-electron chi connectivity index (χ0n) is 13.8. The fourth-order valence-corrected chi connectivity index (χ4v) is 2.54. The van der Waals surface area contributed by atoms with Crippen LogP contribution in [0.3, 0.4) is 0 Å². The Bertz CT molecular complexity index is 649. The van der Waals surface area contributed by atoms with Crippen LogP contribution in [-0.2, 0) is 14.4 Å². The summed E-state index contributed by atoms with van der Waals surface area (Å²) in [6, 6.07) is 6.77. The molecule has 1 aliphatic carbocycles. The number of hydrogen-bond donors (Lipinski definition) is 3. The number of anilines is 2. The van der Waals surface area contributed by atoms with Crippen LogP contribution in [0.4, 0.5) is 11.4 Å². The number of amides is 2. The first-order valence-electron chi connectivity index (χ1n) is 7.98. The van der Waals surface area contributed by atoms with Crippen molar-refractivity contribution >= 4 is 29.2 Å². The van der Waals surface area contributed by atoms with Gasteiger partial charge in [-0.1, -0.05) is 26.0 Å². The van der Waals surface area contributed by atoms with Crippen LogP contribution in [0.25, 0.3) is 0 Å². The van der Waals surface area contributed by atoms with Gasteiger partial charge in [0.15, 0.2) is 0 Å². The van der Waals surface area contributed by atoms with Gasteiger partial charge < -0.3 is 15.7 Å². The molecule has 0 unspecified atom stereocenters. The van der Waals surface area contributed by atoms with Crippen LogP contribution >= 0.6 is 0 Å². The van der Waals surface area contributed by atoms with Gasteiger partial charge in [0.05, 0.1) is 11.8 Å². The Kier molecular flexibility index (Phi) is 5.73. The lowest BCUT2D eigenvalue weighted by Gasteiger charge is -2.24. The number of carboxylic acid groups (broad SMARTS) is 1. The Morgan fingerprint density at radius 1 is 0.958 bits per heavy atom. The molecule has 0 aromatic heterocycles. The normalized spacial score (nSPS) is 19.8. The van der Waals surface area contributed by atoms with Crippen molar-refractivity contribution in [2.24, 2.45) is 17.8 Å². The van der Waals surface area contributed by atoms with Crippen molar-refractivity contribution in [3.8, 4) is 0 Å². The molecule has 3 N–H and O–H groups in total. The van der Waals surface area contributed by atoms with Gasteiger partial charge in [-0.3, -0.25) is 14.4 Å². The second kappa shape index (κ2) is 7.77. The van der Waals surface area contributed by atoms with E-state index in [1.807, 2.05) is 6.08 Å². The second-order valence-electron chi connectivity index (χ2n) is 6.20. The monoisotopic (exact) mass is 330 g/mol. The fourth-order valence-electron chi connectivity index (χ4n) is 2.54. The van der Waals surface area contributed by atoms with E-state index in [2.05, 4.69) is 10.6 Å². The van der Waals surface area contributed by atoms with E-state index in [1.54, 1.807) is 44.2 Å². The maximum Gasteiger partial charge on any atom is 0.307 e. The summed E-state index contributed by atoms with van der Waals surface area (Å²) >= 11 is 0. The first-order valence-corrected chi connectivity index (χ1v) is 7.98. The van der Waals surface area contributed by atoms with Crippen molar-refractivity contribution in [3.05, 3.63) is 36.4 Å². The van der Waals surface area contributed by atoms with Gasteiger partial charge in [-0.15, -0.1) is 0 Å². The van der Waals surface area contributed by atoms with Crippen molar-refractivity contribution in [2.75, 3.05) is 10.6 Å². The average molecular weight is 330 g/mol. The largest absolute Gasteiger partial charge is 0.481 e. The highest BCUT2D eigenvalue weighted by Crippen LogP contribution is 2.27. The predicted molar refractivity (Wildman–Crippen MR) is 91.5 cm³/mol. The molecule has 0 heterocycles. The van der Waals surface area contributed by atoms with E-state index in [0.29, 0.717) is 24.2 Å². The highest BCUT2D eigenvalue weighted by molar-refractivity contribution is 5.96. The first-order chi connectivity index (χ1) is 11.4. The standard InChI is InChI=1S/C18H22N2O4/c1-11(2)16(21)19-12-7-9-13(10-8-12)20-17(22)14-5-3-4-6-15(14)18(23)24/h3-4,7-11,14-15H,5-6H2,1-2H3,(H,19,21)(H,20,22)(H,23,24)/t14-,15-/m1/s1. The maximum absolute atomic E-state index is 12.4. The van der Waals surface area contributed by atoms with Crippen LogP contribution in [0, 0.1) is 17.8 Å². The van der Waals surface area contributed by atoms with Crippen molar-refractivity contribution in [2.45, 2.75) is 26.7 Å². The number of benzene rings is 1. The van der Waals surface area contributed by atoms with Crippen molar-refractivity contribution in [3.63, 3.8) is 0 Å². The molecule has 2 amide bonds. The SMILES string of the molecule is CC(C)C(=O)Nc1ccc(NC(=O)[C@@H]2CC=CC[C@H]2C(=O)O)cc1. The third-order valence-electron chi connectivity index (χ3n) is 4.03. The Labute approximate surface area is 140 Å². The number of carbonyl (C=O) groups is 3. The highest BCUT2D eigenvalue weighted by atomic mass is 16.4. The van der Waals surface area contributed by atoms with E-state index in [4.69, 9.17) is 0 Å². The number of rotatable bonds is 5. The summed E-state index contributed by atoms with van der Waals surface area (Å²) in [6.45, 7) is 3.61. The van der Waals surface area contributed by atoms with Crippen LogP contribution in [0.5, 0.6) is 0 Å². The molecule has 6 heteroatoms. The molecular formula is C18H22N2O4. The molecule has 0 spiro atoms. The zero-order valence-corrected chi connectivity index (χ0v) is 13.8. The van der Waals surface area contributed by atoms with E-state index in [-0.39, 0.29) is 17.7 Å². The van der Waals surface area contributed by atoms with Crippen LogP contribution in [0.15, 0.2) is 36.4 Å². The molecule has 0 saturated carbocycles. The number of carbonyl (C=O) groups excluding carboxylic acids is 2. The zero-order chi connectivity index (χ0) is 17.7. The molecule has 6 nitrogen and oxygen atoms in total. The van der Waals surface area contributed by atoms with Gasteiger partial charge in [-0.2, -0.15) is 0 Å². The van der Waals surface area contributed by atoms with E-state index in [9.17, 15) is 19.5 Å². The average Bonchev–Trinajstić information content (AvgIpc) is 2.56. The topological polar surface area (TPSA) is 95.5 Å². The minimum absolute atomic E-state index is 0.0786. The summed E-state index contributed by atoms with van der Waals surface area (Å²) < 4.78 is 0. The van der Waals surface area contributed by atoms with Crippen LogP contribution in [0.2, 0.25) is 0 Å². The lowest BCUT2D eigenvalue weighted by atomic mass is 9.82. The van der Waals surface area contributed by atoms with E-state index < -0.39 is 17.8 Å². The summed E-state index contributed by atoms with van der Waals surface area (Å²) in [5, 5.41) is 14.8. The van der Waals surface area contributed by atoms with Gasteiger partial charge in [0, 0.05) is 17.3 Å². The lowest BCUT2D eigenvalue weighted by Crippen LogP contribution is -2.34.